The van der Waals surface area contributed by atoms with Gasteiger partial charge in [0.25, 0.3) is 0 Å². The summed E-state index contributed by atoms with van der Waals surface area (Å²) in [5.41, 5.74) is 4.64. The molecule has 1 rings (SSSR count). The predicted molar refractivity (Wildman–Crippen MR) is 145 cm³/mol. The van der Waals surface area contributed by atoms with Crippen LogP contribution in [0, 0.1) is 5.92 Å². The zero-order valence-corrected chi connectivity index (χ0v) is 21.8. The molecule has 0 saturated heterocycles. The maximum atomic E-state index is 4.65. The highest BCUT2D eigenvalue weighted by Gasteiger charge is 2.17. The van der Waals surface area contributed by atoms with Crippen molar-refractivity contribution < 1.29 is 0 Å². The van der Waals surface area contributed by atoms with Crippen LogP contribution in [-0.2, 0) is 6.42 Å². The lowest BCUT2D eigenvalue weighted by molar-refractivity contribution is 0.575. The van der Waals surface area contributed by atoms with Crippen LogP contribution >= 0.6 is 12.6 Å². The molecule has 1 aromatic rings. The third kappa shape index (κ3) is 11.5. The first-order valence-electron chi connectivity index (χ1n) is 11.7. The van der Waals surface area contributed by atoms with Crippen LogP contribution in [0.4, 0.5) is 0 Å². The third-order valence-electron chi connectivity index (χ3n) is 5.05. The number of thiol groups is 1. The molecule has 4 nitrogen and oxygen atoms in total. The van der Waals surface area contributed by atoms with E-state index >= 15 is 0 Å². The molecule has 32 heavy (non-hydrogen) atoms. The molecule has 176 valence electrons. The molecule has 1 aromatic heterocycles. The molecular weight excluding hydrogens is 412 g/mol. The normalized spacial score (nSPS) is 14.7. The summed E-state index contributed by atoms with van der Waals surface area (Å²) >= 11 is 4.57. The molecule has 0 aliphatic carbocycles. The minimum absolute atomic E-state index is 0.135. The predicted octanol–water partition coefficient (Wildman–Crippen LogP) is 6.62. The Morgan fingerprint density at radius 3 is 2.56 bits per heavy atom. The van der Waals surface area contributed by atoms with Crippen molar-refractivity contribution in [3.8, 4) is 0 Å². The molecule has 0 bridgehead atoms. The summed E-state index contributed by atoms with van der Waals surface area (Å²) in [6.07, 6.45) is 14.0. The number of nitrogens with zero attached hydrogens (tertiary/aromatic N) is 3. The number of aliphatic imine (C=N–C) groups is 2. The monoisotopic (exact) mass is 454 g/mol. The van der Waals surface area contributed by atoms with Gasteiger partial charge in [0.05, 0.1) is 12.4 Å². The van der Waals surface area contributed by atoms with Gasteiger partial charge >= 0.3 is 0 Å². The average Bonchev–Trinajstić information content (AvgIpc) is 2.75. The van der Waals surface area contributed by atoms with Gasteiger partial charge in [0.15, 0.2) is 0 Å². The zero-order valence-electron chi connectivity index (χ0n) is 20.9. The van der Waals surface area contributed by atoms with E-state index < -0.39 is 0 Å². The van der Waals surface area contributed by atoms with E-state index in [0.717, 1.165) is 36.4 Å². The van der Waals surface area contributed by atoms with Gasteiger partial charge in [-0.2, -0.15) is 12.6 Å². The van der Waals surface area contributed by atoms with E-state index in [2.05, 4.69) is 79.5 Å². The van der Waals surface area contributed by atoms with Gasteiger partial charge in [-0.3, -0.25) is 15.0 Å². The van der Waals surface area contributed by atoms with E-state index in [1.54, 1.807) is 0 Å². The lowest BCUT2D eigenvalue weighted by Crippen LogP contribution is -2.21. The Kier molecular flexibility index (Phi) is 12.9. The molecule has 1 unspecified atom stereocenters. The van der Waals surface area contributed by atoms with Crippen LogP contribution in [0.3, 0.4) is 0 Å². The van der Waals surface area contributed by atoms with E-state index in [4.69, 9.17) is 0 Å². The van der Waals surface area contributed by atoms with Gasteiger partial charge in [-0.15, -0.1) is 0 Å². The van der Waals surface area contributed by atoms with Crippen molar-refractivity contribution in [3.05, 3.63) is 65.7 Å². The summed E-state index contributed by atoms with van der Waals surface area (Å²) in [5.74, 6) is 1.26. The molecule has 0 aliphatic rings. The first kappa shape index (κ1) is 27.9. The zero-order chi connectivity index (χ0) is 24.0. The Balaban J connectivity index is 3.28. The van der Waals surface area contributed by atoms with Gasteiger partial charge < -0.3 is 5.32 Å². The fourth-order valence-electron chi connectivity index (χ4n) is 3.18. The van der Waals surface area contributed by atoms with Crippen LogP contribution in [0.15, 0.2) is 70.1 Å². The summed E-state index contributed by atoms with van der Waals surface area (Å²) < 4.78 is -0.135. The number of hydrogen-bond acceptors (Lipinski definition) is 4. The minimum atomic E-state index is -0.135. The SMILES string of the molecule is C=C(Cc1ccncc1)C(=C\C=NCC)/C(=C/NC(C)=NCC(C)(C)S)C(C)CCCC. The van der Waals surface area contributed by atoms with Crippen LogP contribution < -0.4 is 5.32 Å². The van der Waals surface area contributed by atoms with Crippen LogP contribution in [-0.4, -0.2) is 34.9 Å². The van der Waals surface area contributed by atoms with Crippen molar-refractivity contribution in [1.82, 2.24) is 10.3 Å². The number of unbranched alkanes of at least 4 members (excludes halogenated alkanes) is 1. The number of amidine groups is 1. The van der Waals surface area contributed by atoms with Crippen LogP contribution in [0.1, 0.15) is 66.4 Å². The molecule has 0 aromatic carbocycles. The van der Waals surface area contributed by atoms with Gasteiger partial charge in [-0.1, -0.05) is 33.3 Å². The minimum Gasteiger partial charge on any atom is -0.350 e. The Hall–Kier alpha value is -2.14. The lowest BCUT2D eigenvalue weighted by Gasteiger charge is -2.22. The maximum absolute atomic E-state index is 4.65. The highest BCUT2D eigenvalue weighted by Crippen LogP contribution is 2.29. The topological polar surface area (TPSA) is 49.6 Å². The van der Waals surface area contributed by atoms with Crippen molar-refractivity contribution in [3.63, 3.8) is 0 Å². The fourth-order valence-corrected chi connectivity index (χ4v) is 3.25. The summed E-state index contributed by atoms with van der Waals surface area (Å²) in [7, 11) is 0. The Labute approximate surface area is 201 Å². The van der Waals surface area contributed by atoms with Crippen molar-refractivity contribution in [2.45, 2.75) is 72.0 Å². The van der Waals surface area contributed by atoms with E-state index in [1.165, 1.54) is 24.0 Å². The quantitative estimate of drug-likeness (QED) is 0.152. The molecule has 0 saturated carbocycles. The molecule has 0 spiro atoms. The summed E-state index contributed by atoms with van der Waals surface area (Å²) in [6.45, 7) is 18.6. The van der Waals surface area contributed by atoms with E-state index in [-0.39, 0.29) is 4.75 Å². The van der Waals surface area contributed by atoms with Gasteiger partial charge in [0.1, 0.15) is 0 Å². The number of pyridine rings is 1. The van der Waals surface area contributed by atoms with Crippen molar-refractivity contribution in [1.29, 1.82) is 0 Å². The number of rotatable bonds is 13. The summed E-state index contributed by atoms with van der Waals surface area (Å²) in [4.78, 5) is 13.2. The summed E-state index contributed by atoms with van der Waals surface area (Å²) in [5, 5.41) is 3.42. The first-order valence-corrected chi connectivity index (χ1v) is 12.1. The maximum Gasteiger partial charge on any atom is 0.0971 e. The number of nitrogens with one attached hydrogen (secondary N) is 1. The highest BCUT2D eigenvalue weighted by molar-refractivity contribution is 7.81. The summed E-state index contributed by atoms with van der Waals surface area (Å²) in [6, 6.07) is 4.09. The Morgan fingerprint density at radius 1 is 1.28 bits per heavy atom. The van der Waals surface area contributed by atoms with Crippen molar-refractivity contribution >= 4 is 24.7 Å². The molecule has 0 fully saturated rings. The number of hydrogen-bond donors (Lipinski definition) is 2. The largest absolute Gasteiger partial charge is 0.350 e. The van der Waals surface area contributed by atoms with E-state index in [1.807, 2.05) is 44.6 Å². The highest BCUT2D eigenvalue weighted by atomic mass is 32.1. The second-order valence-electron chi connectivity index (χ2n) is 8.87. The van der Waals surface area contributed by atoms with Gasteiger partial charge in [0.2, 0.25) is 0 Å². The second kappa shape index (κ2) is 14.8. The van der Waals surface area contributed by atoms with Crippen LogP contribution in [0.25, 0.3) is 0 Å². The lowest BCUT2D eigenvalue weighted by atomic mass is 9.85. The molecule has 0 amide bonds. The van der Waals surface area contributed by atoms with Crippen molar-refractivity contribution in [2.75, 3.05) is 13.1 Å². The van der Waals surface area contributed by atoms with E-state index in [9.17, 15) is 0 Å². The Bertz CT molecular complexity index is 814. The molecule has 1 N–H and O–H groups in total. The second-order valence-corrected chi connectivity index (χ2v) is 10.1. The van der Waals surface area contributed by atoms with Gasteiger partial charge in [-0.05, 0) is 86.9 Å². The number of aromatic nitrogens is 1. The van der Waals surface area contributed by atoms with Crippen LogP contribution in [0.5, 0.6) is 0 Å². The fraction of sp³-hybridized carbons (Fsp3) is 0.519. The third-order valence-corrected chi connectivity index (χ3v) is 5.19. The van der Waals surface area contributed by atoms with Gasteiger partial charge in [-0.25, -0.2) is 0 Å². The molecule has 0 radical (unpaired) electrons. The molecule has 1 heterocycles. The van der Waals surface area contributed by atoms with Gasteiger partial charge in [0, 0.05) is 36.1 Å². The molecule has 5 heteroatoms. The molecular formula is C27H42N4S. The Morgan fingerprint density at radius 2 is 1.97 bits per heavy atom. The molecule has 1 atom stereocenters. The smallest absolute Gasteiger partial charge is 0.0971 e. The van der Waals surface area contributed by atoms with E-state index in [0.29, 0.717) is 12.5 Å². The number of allylic oxidation sites excluding steroid dienone is 4. The average molecular weight is 455 g/mol. The standard InChI is InChI=1S/C27H42N4S/c1-8-10-11-21(3)26(19-30-23(5)31-20-27(6,7)32)25(14-17-28-9-2)22(4)18-24-12-15-29-16-13-24/h12-17,19,21,32H,4,8-11,18,20H2,1-3,5-7H3,(H,30,31)/b25-14+,26-19+,28-17?. The first-order chi connectivity index (χ1) is 15.2. The van der Waals surface area contributed by atoms with Crippen molar-refractivity contribution in [2.24, 2.45) is 15.9 Å². The van der Waals surface area contributed by atoms with Crippen LogP contribution in [0.2, 0.25) is 0 Å². The molecule has 0 aliphatic heterocycles.